The Balaban J connectivity index is 0.000000240. The first-order valence-corrected chi connectivity index (χ1v) is 16.1. The van der Waals surface area contributed by atoms with Crippen molar-refractivity contribution in [1.82, 2.24) is 4.90 Å². The van der Waals surface area contributed by atoms with Gasteiger partial charge >= 0.3 is 0 Å². The van der Waals surface area contributed by atoms with E-state index in [0.717, 1.165) is 6.42 Å². The van der Waals surface area contributed by atoms with E-state index in [-0.39, 0.29) is 11.9 Å². The molecule has 3 aromatic carbocycles. The molecule has 6 heteroatoms. The Morgan fingerprint density at radius 3 is 2.04 bits per heavy atom. The largest absolute Gasteiger partial charge is 0.370 e. The number of amides is 1. The molecule has 46 heavy (non-hydrogen) atoms. The van der Waals surface area contributed by atoms with E-state index in [1.807, 2.05) is 7.05 Å². The van der Waals surface area contributed by atoms with Gasteiger partial charge in [-0.1, -0.05) is 112 Å². The molecule has 0 atom stereocenters. The maximum absolute atomic E-state index is 11.1. The number of carbonyl (C=O) groups excluding carboxylic acids is 1. The summed E-state index contributed by atoms with van der Waals surface area (Å²) in [7, 11) is 3.59. The number of carbonyl (C=O) groups is 1. The number of guanidine groups is 1. The van der Waals surface area contributed by atoms with Crippen molar-refractivity contribution in [2.75, 3.05) is 14.1 Å². The molecule has 0 aliphatic heterocycles. The number of nitrogens with zero attached hydrogens (tertiary/aromatic N) is 3. The second-order valence-electron chi connectivity index (χ2n) is 11.3. The lowest BCUT2D eigenvalue weighted by molar-refractivity contribution is -0.125. The molecule has 0 radical (unpaired) electrons. The monoisotopic (exact) mass is 619 g/mol. The Labute approximate surface area is 277 Å². The van der Waals surface area contributed by atoms with E-state index in [0.29, 0.717) is 17.3 Å². The Morgan fingerprint density at radius 2 is 1.52 bits per heavy atom. The zero-order valence-corrected chi connectivity index (χ0v) is 28.7. The number of aryl methyl sites for hydroxylation is 1. The number of hydrogen-bond donors (Lipinski definition) is 2. The van der Waals surface area contributed by atoms with Gasteiger partial charge in [0.1, 0.15) is 0 Å². The summed E-state index contributed by atoms with van der Waals surface area (Å²) >= 11 is 0. The minimum Gasteiger partial charge on any atom is -0.370 e. The summed E-state index contributed by atoms with van der Waals surface area (Å²) in [6.07, 6.45) is 12.9. The van der Waals surface area contributed by atoms with Gasteiger partial charge in [0, 0.05) is 44.0 Å². The van der Waals surface area contributed by atoms with Crippen LogP contribution >= 0.6 is 0 Å². The third kappa shape index (κ3) is 12.4. The van der Waals surface area contributed by atoms with Crippen molar-refractivity contribution >= 4 is 17.6 Å². The van der Waals surface area contributed by atoms with Crippen molar-refractivity contribution in [2.24, 2.45) is 27.4 Å². The highest BCUT2D eigenvalue weighted by Gasteiger charge is 2.19. The Kier molecular flexibility index (Phi) is 16.6. The minimum atomic E-state index is -0.0703. The van der Waals surface area contributed by atoms with E-state index in [2.05, 4.69) is 109 Å². The molecule has 0 heterocycles. The molecule has 0 saturated heterocycles. The van der Waals surface area contributed by atoms with Gasteiger partial charge in [0.25, 0.3) is 0 Å². The molecule has 1 amide bonds. The standard InChI is InChI=1S/C15H16.C14H19N.C11H18N4O/c1-3-13-10-7-11-15(12(13)2)14-8-5-4-6-9-14;1-15-14(12-8-4-2-5-9-12)13-10-6-3-7-11-13;1-5-10(15(4)9(3)16)7-6-8(2)14-11(12)13/h4-11H,3H2,1-2H3;2,4-5,8-9,13H,3,6-7,10-11H2,1H3;5-7H,1H2,2-4H3,(H4,12,13,14)/b;;8-6+,10-7+. The lowest BCUT2D eigenvalue weighted by Crippen LogP contribution is -2.22. The van der Waals surface area contributed by atoms with Crippen LogP contribution in [0.25, 0.3) is 11.1 Å². The van der Waals surface area contributed by atoms with Gasteiger partial charge in [0.05, 0.1) is 0 Å². The third-order valence-electron chi connectivity index (χ3n) is 8.08. The van der Waals surface area contributed by atoms with Crippen LogP contribution < -0.4 is 11.5 Å². The second kappa shape index (κ2) is 20.3. The first-order chi connectivity index (χ1) is 22.1. The molecule has 1 aliphatic rings. The van der Waals surface area contributed by atoms with Crippen LogP contribution in [0.1, 0.15) is 69.6 Å². The number of likely N-dealkylation sites (N-methyl/N-ethyl adjacent to an activating group) is 1. The van der Waals surface area contributed by atoms with Gasteiger partial charge in [-0.2, -0.15) is 0 Å². The molecular weight excluding hydrogens is 566 g/mol. The van der Waals surface area contributed by atoms with Gasteiger partial charge in [-0.25, -0.2) is 4.99 Å². The summed E-state index contributed by atoms with van der Waals surface area (Å²) in [6, 6.07) is 27.8. The van der Waals surface area contributed by atoms with Gasteiger partial charge in [0.2, 0.25) is 5.91 Å². The van der Waals surface area contributed by atoms with Crippen molar-refractivity contribution in [3.63, 3.8) is 0 Å². The summed E-state index contributed by atoms with van der Waals surface area (Å²) in [5, 5.41) is 0. The molecule has 6 nitrogen and oxygen atoms in total. The smallest absolute Gasteiger partial charge is 0.223 e. The van der Waals surface area contributed by atoms with Crippen LogP contribution in [0.5, 0.6) is 0 Å². The Hall–Kier alpha value is -4.71. The SMILES string of the molecule is C=C/C(=C\C=C(/C)N=C(N)N)N(C)C(C)=O.CCc1cccc(-c2ccccc2)c1C.CN=C(c1ccccc1)C1CCCCC1. The Bertz CT molecular complexity index is 1490. The van der Waals surface area contributed by atoms with E-state index in [4.69, 9.17) is 11.5 Å². The number of benzene rings is 3. The van der Waals surface area contributed by atoms with Gasteiger partial charge in [-0.15, -0.1) is 0 Å². The molecular formula is C40H53N5O. The lowest BCUT2D eigenvalue weighted by Gasteiger charge is -2.23. The molecule has 0 bridgehead atoms. The highest BCUT2D eigenvalue weighted by Crippen LogP contribution is 2.27. The highest BCUT2D eigenvalue weighted by atomic mass is 16.2. The summed E-state index contributed by atoms with van der Waals surface area (Å²) in [6.45, 7) is 11.3. The second-order valence-corrected chi connectivity index (χ2v) is 11.3. The summed E-state index contributed by atoms with van der Waals surface area (Å²) in [5.41, 5.74) is 19.9. The molecule has 3 aromatic rings. The molecule has 0 unspecified atom stereocenters. The number of aliphatic imine (C=N–C) groups is 2. The third-order valence-corrected chi connectivity index (χ3v) is 8.08. The van der Waals surface area contributed by atoms with Gasteiger partial charge < -0.3 is 16.4 Å². The average Bonchev–Trinajstić information content (AvgIpc) is 3.07. The Morgan fingerprint density at radius 1 is 0.913 bits per heavy atom. The summed E-state index contributed by atoms with van der Waals surface area (Å²) < 4.78 is 0. The van der Waals surface area contributed by atoms with Gasteiger partial charge in [-0.3, -0.25) is 9.79 Å². The highest BCUT2D eigenvalue weighted by molar-refractivity contribution is 6.02. The fourth-order valence-corrected chi connectivity index (χ4v) is 5.47. The van der Waals surface area contributed by atoms with Crippen LogP contribution in [0.4, 0.5) is 0 Å². The van der Waals surface area contributed by atoms with Gasteiger partial charge in [0.15, 0.2) is 5.96 Å². The van der Waals surface area contributed by atoms with Crippen molar-refractivity contribution in [2.45, 2.75) is 66.2 Å². The fraction of sp³-hybridized carbons (Fsp3) is 0.325. The normalized spacial score (nSPS) is 13.7. The summed E-state index contributed by atoms with van der Waals surface area (Å²) in [5.74, 6) is 0.632. The number of allylic oxidation sites excluding steroid dienone is 4. The molecule has 4 rings (SSSR count). The van der Waals surface area contributed by atoms with Crippen LogP contribution in [-0.4, -0.2) is 36.6 Å². The maximum Gasteiger partial charge on any atom is 0.223 e. The van der Waals surface area contributed by atoms with Crippen molar-refractivity contribution in [1.29, 1.82) is 0 Å². The van der Waals surface area contributed by atoms with Crippen LogP contribution in [-0.2, 0) is 11.2 Å². The molecule has 0 aromatic heterocycles. The topological polar surface area (TPSA) is 97.1 Å². The predicted molar refractivity (Wildman–Crippen MR) is 198 cm³/mol. The first-order valence-electron chi connectivity index (χ1n) is 16.1. The zero-order chi connectivity index (χ0) is 33.9. The number of rotatable bonds is 8. The van der Waals surface area contributed by atoms with Crippen LogP contribution in [0.3, 0.4) is 0 Å². The predicted octanol–water partition coefficient (Wildman–Crippen LogP) is 8.62. The quantitative estimate of drug-likeness (QED) is 0.150. The zero-order valence-electron chi connectivity index (χ0n) is 28.7. The van der Waals surface area contributed by atoms with E-state index >= 15 is 0 Å². The average molecular weight is 620 g/mol. The fourth-order valence-electron chi connectivity index (χ4n) is 5.47. The molecule has 4 N–H and O–H groups in total. The maximum atomic E-state index is 11.1. The van der Waals surface area contributed by atoms with E-state index in [1.54, 1.807) is 32.2 Å². The molecule has 1 aliphatic carbocycles. The molecule has 0 spiro atoms. The minimum absolute atomic E-state index is 0.00206. The van der Waals surface area contributed by atoms with E-state index < -0.39 is 0 Å². The first kappa shape index (κ1) is 37.5. The molecule has 244 valence electrons. The van der Waals surface area contributed by atoms with Crippen molar-refractivity contribution in [3.8, 4) is 11.1 Å². The van der Waals surface area contributed by atoms with E-state index in [9.17, 15) is 4.79 Å². The van der Waals surface area contributed by atoms with Crippen LogP contribution in [0.2, 0.25) is 0 Å². The molecule has 1 fully saturated rings. The summed E-state index contributed by atoms with van der Waals surface area (Å²) in [4.78, 5) is 20.9. The lowest BCUT2D eigenvalue weighted by atomic mass is 9.83. The van der Waals surface area contributed by atoms with Crippen LogP contribution in [0.15, 0.2) is 125 Å². The van der Waals surface area contributed by atoms with Crippen molar-refractivity contribution < 1.29 is 4.79 Å². The molecule has 1 saturated carbocycles. The van der Waals surface area contributed by atoms with Crippen molar-refractivity contribution in [3.05, 3.63) is 132 Å². The number of hydrogen-bond acceptors (Lipinski definition) is 3. The number of nitrogens with two attached hydrogens (primary N) is 2. The van der Waals surface area contributed by atoms with E-state index in [1.165, 1.54) is 77.5 Å². The van der Waals surface area contributed by atoms with Gasteiger partial charge in [-0.05, 0) is 79.2 Å². The van der Waals surface area contributed by atoms with Crippen LogP contribution in [0, 0.1) is 12.8 Å².